The summed E-state index contributed by atoms with van der Waals surface area (Å²) in [6.07, 6.45) is 2.89. The summed E-state index contributed by atoms with van der Waals surface area (Å²) in [7, 11) is 3.54. The Balaban J connectivity index is 1.74. The normalized spacial score (nSPS) is 10.7. The van der Waals surface area contributed by atoms with E-state index in [4.69, 9.17) is 4.74 Å². The van der Waals surface area contributed by atoms with E-state index in [9.17, 15) is 9.59 Å². The van der Waals surface area contributed by atoms with E-state index in [1.54, 1.807) is 12.0 Å². The maximum Gasteiger partial charge on any atom is 0.322 e. The number of carbonyl (C=O) groups is 2. The van der Waals surface area contributed by atoms with Gasteiger partial charge in [0.05, 0.1) is 13.2 Å². The van der Waals surface area contributed by atoms with E-state index >= 15 is 0 Å². The van der Waals surface area contributed by atoms with Gasteiger partial charge < -0.3 is 24.4 Å². The van der Waals surface area contributed by atoms with Gasteiger partial charge in [-0.15, -0.1) is 0 Å². The maximum atomic E-state index is 13.5. The van der Waals surface area contributed by atoms with Crippen molar-refractivity contribution in [3.05, 3.63) is 89.7 Å². The van der Waals surface area contributed by atoms with Crippen LogP contribution in [0.1, 0.15) is 23.7 Å². The quantitative estimate of drug-likeness (QED) is 0.462. The molecule has 0 saturated heterocycles. The van der Waals surface area contributed by atoms with Crippen LogP contribution >= 0.6 is 0 Å². The number of hydrogen-bond acceptors (Lipinski definition) is 3. The molecule has 0 radical (unpaired) electrons. The molecule has 0 fully saturated rings. The number of nitrogens with zero attached hydrogens (tertiary/aromatic N) is 3. The lowest BCUT2D eigenvalue weighted by atomic mass is 10.1. The summed E-state index contributed by atoms with van der Waals surface area (Å²) >= 11 is 0. The fraction of sp³-hybridized carbons (Fsp3) is 0.333. The zero-order valence-electron chi connectivity index (χ0n) is 20.2. The number of aromatic nitrogens is 1. The van der Waals surface area contributed by atoms with Gasteiger partial charge in [0.15, 0.2) is 0 Å². The first-order chi connectivity index (χ1) is 16.5. The molecule has 3 rings (SSSR count). The number of urea groups is 1. The van der Waals surface area contributed by atoms with Crippen molar-refractivity contribution in [2.75, 3.05) is 32.1 Å². The fourth-order valence-corrected chi connectivity index (χ4v) is 3.64. The minimum absolute atomic E-state index is 0.0422. The van der Waals surface area contributed by atoms with E-state index in [0.717, 1.165) is 17.7 Å². The Morgan fingerprint density at radius 3 is 2.26 bits per heavy atom. The zero-order chi connectivity index (χ0) is 24.3. The molecule has 0 spiro atoms. The van der Waals surface area contributed by atoms with E-state index in [1.165, 1.54) is 10.5 Å². The molecule has 180 valence electrons. The van der Waals surface area contributed by atoms with Crippen molar-refractivity contribution < 1.29 is 14.3 Å². The van der Waals surface area contributed by atoms with Crippen molar-refractivity contribution in [3.8, 4) is 0 Å². The van der Waals surface area contributed by atoms with Gasteiger partial charge in [-0.3, -0.25) is 4.79 Å². The van der Waals surface area contributed by atoms with Crippen LogP contribution in [0.3, 0.4) is 0 Å². The summed E-state index contributed by atoms with van der Waals surface area (Å²) in [6, 6.07) is 21.2. The Kier molecular flexibility index (Phi) is 9.29. The molecule has 0 aliphatic heterocycles. The first-order valence-corrected chi connectivity index (χ1v) is 11.6. The Morgan fingerprint density at radius 1 is 0.912 bits per heavy atom. The van der Waals surface area contributed by atoms with E-state index < -0.39 is 0 Å². The van der Waals surface area contributed by atoms with Gasteiger partial charge >= 0.3 is 6.03 Å². The number of anilines is 1. The standard InChI is InChI=1S/C27H34N4O3/c1-4-22-12-14-24(15-13-22)28-27(33)30(17-18-34-3)21-26(32)31(19-23-9-6-5-7-10-23)20-25-11-8-16-29(25)2/h5-16H,4,17-21H2,1-3H3,(H,28,33). The van der Waals surface area contributed by atoms with Crippen LogP contribution < -0.4 is 5.32 Å². The summed E-state index contributed by atoms with van der Waals surface area (Å²) in [5.74, 6) is -0.127. The molecule has 2 aromatic carbocycles. The van der Waals surface area contributed by atoms with Crippen LogP contribution in [0.4, 0.5) is 10.5 Å². The van der Waals surface area contributed by atoms with Crippen molar-refractivity contribution >= 4 is 17.6 Å². The molecule has 0 unspecified atom stereocenters. The second-order valence-corrected chi connectivity index (χ2v) is 8.24. The van der Waals surface area contributed by atoms with Gasteiger partial charge in [0.2, 0.25) is 5.91 Å². The van der Waals surface area contributed by atoms with Crippen molar-refractivity contribution in [1.29, 1.82) is 0 Å². The molecular weight excluding hydrogens is 428 g/mol. The summed E-state index contributed by atoms with van der Waals surface area (Å²) in [4.78, 5) is 29.8. The van der Waals surface area contributed by atoms with Crippen LogP contribution in [0.15, 0.2) is 72.9 Å². The Bertz CT molecular complexity index is 1050. The minimum atomic E-state index is -0.326. The summed E-state index contributed by atoms with van der Waals surface area (Å²) < 4.78 is 7.19. The van der Waals surface area contributed by atoms with Crippen molar-refractivity contribution in [2.45, 2.75) is 26.4 Å². The average molecular weight is 463 g/mol. The van der Waals surface area contributed by atoms with E-state index in [2.05, 4.69) is 12.2 Å². The average Bonchev–Trinajstić information content (AvgIpc) is 3.26. The first kappa shape index (κ1) is 25.1. The molecular formula is C27H34N4O3. The molecule has 7 heteroatoms. The van der Waals surface area contributed by atoms with Gasteiger partial charge in [-0.25, -0.2) is 4.79 Å². The third-order valence-corrected chi connectivity index (χ3v) is 5.77. The number of methoxy groups -OCH3 is 1. The van der Waals surface area contributed by atoms with Crippen LogP contribution in [-0.2, 0) is 36.1 Å². The van der Waals surface area contributed by atoms with Crippen LogP contribution in [-0.4, -0.2) is 53.1 Å². The van der Waals surface area contributed by atoms with Crippen molar-refractivity contribution in [2.24, 2.45) is 7.05 Å². The number of aryl methyl sites for hydroxylation is 2. The molecule has 0 atom stereocenters. The number of rotatable bonds is 11. The molecule has 0 bridgehead atoms. The molecule has 34 heavy (non-hydrogen) atoms. The van der Waals surface area contributed by atoms with Gasteiger partial charge in [0, 0.05) is 44.8 Å². The van der Waals surface area contributed by atoms with Crippen LogP contribution in [0.2, 0.25) is 0 Å². The van der Waals surface area contributed by atoms with Crippen LogP contribution in [0.5, 0.6) is 0 Å². The van der Waals surface area contributed by atoms with Gasteiger partial charge in [-0.05, 0) is 41.8 Å². The van der Waals surface area contributed by atoms with E-state index in [-0.39, 0.29) is 18.5 Å². The number of benzene rings is 2. The predicted molar refractivity (Wildman–Crippen MR) is 134 cm³/mol. The first-order valence-electron chi connectivity index (χ1n) is 11.6. The second kappa shape index (κ2) is 12.6. The number of ether oxygens (including phenoxy) is 1. The van der Waals surface area contributed by atoms with E-state index in [0.29, 0.717) is 31.9 Å². The predicted octanol–water partition coefficient (Wildman–Crippen LogP) is 4.30. The number of hydrogen-bond donors (Lipinski definition) is 1. The third-order valence-electron chi connectivity index (χ3n) is 5.77. The minimum Gasteiger partial charge on any atom is -0.383 e. The Morgan fingerprint density at radius 2 is 1.65 bits per heavy atom. The largest absolute Gasteiger partial charge is 0.383 e. The molecule has 0 saturated carbocycles. The highest BCUT2D eigenvalue weighted by Gasteiger charge is 2.22. The lowest BCUT2D eigenvalue weighted by Gasteiger charge is -2.28. The molecule has 0 aliphatic carbocycles. The highest BCUT2D eigenvalue weighted by Crippen LogP contribution is 2.14. The molecule has 3 aromatic rings. The summed E-state index contributed by atoms with van der Waals surface area (Å²) in [5.41, 5.74) is 3.95. The molecule has 7 nitrogen and oxygen atoms in total. The van der Waals surface area contributed by atoms with Gasteiger partial charge in [0.25, 0.3) is 0 Å². The number of carbonyl (C=O) groups excluding carboxylic acids is 2. The van der Waals surface area contributed by atoms with Crippen molar-refractivity contribution in [1.82, 2.24) is 14.4 Å². The zero-order valence-corrected chi connectivity index (χ0v) is 20.2. The highest BCUT2D eigenvalue weighted by atomic mass is 16.5. The second-order valence-electron chi connectivity index (χ2n) is 8.24. The number of amides is 3. The summed E-state index contributed by atoms with van der Waals surface area (Å²) in [6.45, 7) is 3.61. The molecule has 1 aromatic heterocycles. The third kappa shape index (κ3) is 7.22. The topological polar surface area (TPSA) is 66.8 Å². The lowest BCUT2D eigenvalue weighted by molar-refractivity contribution is -0.133. The van der Waals surface area contributed by atoms with E-state index in [1.807, 2.05) is 84.5 Å². The molecule has 1 heterocycles. The summed E-state index contributed by atoms with van der Waals surface area (Å²) in [5, 5.41) is 2.91. The molecule has 0 aliphatic rings. The maximum absolute atomic E-state index is 13.5. The van der Waals surface area contributed by atoms with Gasteiger partial charge in [-0.1, -0.05) is 49.4 Å². The van der Waals surface area contributed by atoms with Crippen LogP contribution in [0.25, 0.3) is 0 Å². The van der Waals surface area contributed by atoms with Crippen LogP contribution in [0, 0.1) is 0 Å². The smallest absolute Gasteiger partial charge is 0.322 e. The monoisotopic (exact) mass is 462 g/mol. The molecule has 3 amide bonds. The number of nitrogens with one attached hydrogen (secondary N) is 1. The van der Waals surface area contributed by atoms with Crippen molar-refractivity contribution in [3.63, 3.8) is 0 Å². The fourth-order valence-electron chi connectivity index (χ4n) is 3.64. The lowest BCUT2D eigenvalue weighted by Crippen LogP contribution is -2.45. The van der Waals surface area contributed by atoms with Gasteiger partial charge in [0.1, 0.15) is 6.54 Å². The SMILES string of the molecule is CCc1ccc(NC(=O)N(CCOC)CC(=O)N(Cc2ccccc2)Cc2cccn2C)cc1. The van der Waals surface area contributed by atoms with Gasteiger partial charge in [-0.2, -0.15) is 0 Å². The highest BCUT2D eigenvalue weighted by molar-refractivity contribution is 5.92. The molecule has 1 N–H and O–H groups in total. The Hall–Kier alpha value is -3.58. The Labute approximate surface area is 201 Å².